The molecule has 0 heterocycles. The third-order valence-corrected chi connectivity index (χ3v) is 3.36. The van der Waals surface area contributed by atoms with Gasteiger partial charge in [0.15, 0.2) is 0 Å². The number of hydrogen-bond donors (Lipinski definition) is 1. The van der Waals surface area contributed by atoms with Crippen LogP contribution in [0.5, 0.6) is 5.75 Å². The minimum atomic E-state index is -0.105. The summed E-state index contributed by atoms with van der Waals surface area (Å²) in [6, 6.07) is 12.9. The van der Waals surface area contributed by atoms with E-state index in [1.54, 1.807) is 24.0 Å². The van der Waals surface area contributed by atoms with E-state index in [2.05, 4.69) is 0 Å². The number of carbonyl (C=O) groups excluding carboxylic acids is 1. The van der Waals surface area contributed by atoms with Crippen LogP contribution in [0.3, 0.4) is 0 Å². The number of amides is 1. The smallest absolute Gasteiger partial charge is 0.258 e. The van der Waals surface area contributed by atoms with E-state index in [9.17, 15) is 9.90 Å². The van der Waals surface area contributed by atoms with Crippen LogP contribution in [0.4, 0.5) is 5.69 Å². The lowest BCUT2D eigenvalue weighted by Gasteiger charge is -2.21. The average molecular weight is 269 g/mol. The molecule has 0 fully saturated rings. The van der Waals surface area contributed by atoms with Crippen LogP contribution in [0.15, 0.2) is 42.5 Å². The van der Waals surface area contributed by atoms with Crippen molar-refractivity contribution in [3.8, 4) is 5.75 Å². The zero-order valence-corrected chi connectivity index (χ0v) is 12.1. The summed E-state index contributed by atoms with van der Waals surface area (Å²) in [5.74, 6) is 0.0439. The van der Waals surface area contributed by atoms with Crippen LogP contribution >= 0.6 is 0 Å². The lowest BCUT2D eigenvalue weighted by Crippen LogP contribution is -2.30. The average Bonchev–Trinajstić information content (AvgIpc) is 2.44. The highest BCUT2D eigenvalue weighted by molar-refractivity contribution is 6.06. The molecule has 104 valence electrons. The molecule has 3 nitrogen and oxygen atoms in total. The Hall–Kier alpha value is -2.29. The summed E-state index contributed by atoms with van der Waals surface area (Å²) < 4.78 is 0. The van der Waals surface area contributed by atoms with Gasteiger partial charge in [-0.15, -0.1) is 0 Å². The predicted molar refractivity (Wildman–Crippen MR) is 81.4 cm³/mol. The first-order chi connectivity index (χ1) is 9.52. The maximum atomic E-state index is 12.5. The van der Waals surface area contributed by atoms with Gasteiger partial charge >= 0.3 is 0 Å². The maximum absolute atomic E-state index is 12.5. The minimum Gasteiger partial charge on any atom is -0.508 e. The van der Waals surface area contributed by atoms with E-state index < -0.39 is 0 Å². The van der Waals surface area contributed by atoms with Crippen molar-refractivity contribution in [3.05, 3.63) is 59.2 Å². The normalized spacial score (nSPS) is 10.3. The predicted octanol–water partition coefficient (Wildman–Crippen LogP) is 3.68. The molecule has 3 heteroatoms. The number of phenols is 1. The molecule has 0 saturated carbocycles. The fraction of sp³-hybridized carbons (Fsp3) is 0.235. The van der Waals surface area contributed by atoms with Crippen LogP contribution in [0.1, 0.15) is 28.4 Å². The molecule has 2 aromatic rings. The second-order valence-corrected chi connectivity index (χ2v) is 4.89. The van der Waals surface area contributed by atoms with Gasteiger partial charge in [-0.1, -0.05) is 23.8 Å². The number of nitrogens with zero attached hydrogens (tertiary/aromatic N) is 1. The Bertz CT molecular complexity index is 617. The second-order valence-electron chi connectivity index (χ2n) is 4.89. The molecule has 0 atom stereocenters. The minimum absolute atomic E-state index is 0.105. The van der Waals surface area contributed by atoms with Gasteiger partial charge in [0.25, 0.3) is 5.91 Å². The van der Waals surface area contributed by atoms with Gasteiger partial charge in [0.1, 0.15) is 5.75 Å². The molecule has 0 aliphatic carbocycles. The number of aryl methyl sites for hydroxylation is 2. The van der Waals surface area contributed by atoms with Crippen molar-refractivity contribution in [3.63, 3.8) is 0 Å². The zero-order chi connectivity index (χ0) is 14.7. The van der Waals surface area contributed by atoms with Crippen LogP contribution < -0.4 is 4.90 Å². The van der Waals surface area contributed by atoms with Crippen molar-refractivity contribution in [2.45, 2.75) is 20.8 Å². The van der Waals surface area contributed by atoms with Crippen LogP contribution in [-0.2, 0) is 0 Å². The summed E-state index contributed by atoms with van der Waals surface area (Å²) in [4.78, 5) is 14.2. The van der Waals surface area contributed by atoms with Crippen molar-refractivity contribution in [1.82, 2.24) is 0 Å². The molecule has 0 spiro atoms. The first-order valence-corrected chi connectivity index (χ1v) is 6.71. The molecular formula is C17H19NO2. The van der Waals surface area contributed by atoms with Gasteiger partial charge in [0.05, 0.1) is 0 Å². The van der Waals surface area contributed by atoms with E-state index in [-0.39, 0.29) is 11.7 Å². The van der Waals surface area contributed by atoms with Crippen molar-refractivity contribution in [1.29, 1.82) is 0 Å². The molecule has 0 saturated heterocycles. The molecule has 0 aromatic heterocycles. The molecule has 1 amide bonds. The van der Waals surface area contributed by atoms with Gasteiger partial charge < -0.3 is 10.0 Å². The topological polar surface area (TPSA) is 40.5 Å². The van der Waals surface area contributed by atoms with Gasteiger partial charge in [-0.3, -0.25) is 4.79 Å². The largest absolute Gasteiger partial charge is 0.508 e. The van der Waals surface area contributed by atoms with E-state index in [0.717, 1.165) is 16.8 Å². The van der Waals surface area contributed by atoms with Crippen LogP contribution in [0.2, 0.25) is 0 Å². The Morgan fingerprint density at radius 2 is 1.75 bits per heavy atom. The van der Waals surface area contributed by atoms with E-state index in [4.69, 9.17) is 0 Å². The summed E-state index contributed by atoms with van der Waals surface area (Å²) >= 11 is 0. The van der Waals surface area contributed by atoms with Crippen molar-refractivity contribution < 1.29 is 9.90 Å². The number of benzene rings is 2. The first-order valence-electron chi connectivity index (χ1n) is 6.71. The van der Waals surface area contributed by atoms with Crippen molar-refractivity contribution >= 4 is 11.6 Å². The molecule has 1 N–H and O–H groups in total. The molecule has 20 heavy (non-hydrogen) atoms. The van der Waals surface area contributed by atoms with Gasteiger partial charge in [-0.05, 0) is 50.6 Å². The van der Waals surface area contributed by atoms with Gasteiger partial charge in [-0.25, -0.2) is 0 Å². The van der Waals surface area contributed by atoms with Crippen LogP contribution in [-0.4, -0.2) is 17.6 Å². The Balaban J connectivity index is 2.33. The molecule has 0 bridgehead atoms. The van der Waals surface area contributed by atoms with Crippen LogP contribution in [0, 0.1) is 13.8 Å². The van der Waals surface area contributed by atoms with Crippen molar-refractivity contribution in [2.75, 3.05) is 11.4 Å². The monoisotopic (exact) mass is 269 g/mol. The Morgan fingerprint density at radius 1 is 1.10 bits per heavy atom. The number of carbonyl (C=O) groups is 1. The third-order valence-electron chi connectivity index (χ3n) is 3.36. The Morgan fingerprint density at radius 3 is 2.30 bits per heavy atom. The second kappa shape index (κ2) is 5.78. The quantitative estimate of drug-likeness (QED) is 0.923. The Labute approximate surface area is 119 Å². The van der Waals surface area contributed by atoms with Gasteiger partial charge in [0.2, 0.25) is 0 Å². The summed E-state index contributed by atoms with van der Waals surface area (Å²) in [7, 11) is 0. The zero-order valence-electron chi connectivity index (χ0n) is 12.1. The number of anilines is 1. The molecule has 2 aromatic carbocycles. The number of rotatable bonds is 3. The molecular weight excluding hydrogens is 250 g/mol. The molecule has 0 aliphatic heterocycles. The number of phenolic OH excluding ortho intramolecular Hbond substituents is 1. The van der Waals surface area contributed by atoms with E-state index in [1.807, 2.05) is 38.1 Å². The number of aromatic hydroxyl groups is 1. The van der Waals surface area contributed by atoms with Crippen molar-refractivity contribution in [2.24, 2.45) is 0 Å². The van der Waals surface area contributed by atoms with Gasteiger partial charge in [0, 0.05) is 17.8 Å². The van der Waals surface area contributed by atoms with E-state index in [0.29, 0.717) is 12.1 Å². The van der Waals surface area contributed by atoms with Crippen LogP contribution in [0.25, 0.3) is 0 Å². The molecule has 2 rings (SSSR count). The SMILES string of the molecule is CCN(C(=O)c1ccc(C)c(O)c1)c1ccc(C)cc1. The lowest BCUT2D eigenvalue weighted by atomic mass is 10.1. The number of hydrogen-bond acceptors (Lipinski definition) is 2. The summed E-state index contributed by atoms with van der Waals surface area (Å²) in [6.07, 6.45) is 0. The highest BCUT2D eigenvalue weighted by Gasteiger charge is 2.16. The summed E-state index contributed by atoms with van der Waals surface area (Å²) in [5.41, 5.74) is 3.28. The lowest BCUT2D eigenvalue weighted by molar-refractivity contribution is 0.0988. The van der Waals surface area contributed by atoms with E-state index in [1.165, 1.54) is 6.07 Å². The summed E-state index contributed by atoms with van der Waals surface area (Å²) in [5, 5.41) is 9.74. The fourth-order valence-electron chi connectivity index (χ4n) is 2.07. The molecule has 0 aliphatic rings. The fourth-order valence-corrected chi connectivity index (χ4v) is 2.07. The Kier molecular flexibility index (Phi) is 4.08. The third kappa shape index (κ3) is 2.82. The highest BCUT2D eigenvalue weighted by atomic mass is 16.3. The molecule has 0 radical (unpaired) electrons. The first kappa shape index (κ1) is 14.1. The van der Waals surface area contributed by atoms with E-state index >= 15 is 0 Å². The van der Waals surface area contributed by atoms with Gasteiger partial charge in [-0.2, -0.15) is 0 Å². The standard InChI is InChI=1S/C17H19NO2/c1-4-18(15-9-5-12(2)6-10-15)17(20)14-8-7-13(3)16(19)11-14/h5-11,19H,4H2,1-3H3. The maximum Gasteiger partial charge on any atom is 0.258 e. The molecule has 0 unspecified atom stereocenters. The summed E-state index contributed by atoms with van der Waals surface area (Å²) in [6.45, 7) is 6.34. The highest BCUT2D eigenvalue weighted by Crippen LogP contribution is 2.22.